The molecule has 0 unspecified atom stereocenters. The lowest BCUT2D eigenvalue weighted by Crippen LogP contribution is -2.18. The Balaban J connectivity index is 2.56. The number of aromatic nitrogens is 2. The maximum atomic E-state index is 10.5. The molecule has 6 heteroatoms. The molecule has 1 aromatic heterocycles. The van der Waals surface area contributed by atoms with Crippen LogP contribution in [0.15, 0.2) is 18.7 Å². The van der Waals surface area contributed by atoms with Crippen molar-refractivity contribution < 1.29 is 8.42 Å². The van der Waals surface area contributed by atoms with E-state index >= 15 is 0 Å². The molecule has 12 heavy (non-hydrogen) atoms. The summed E-state index contributed by atoms with van der Waals surface area (Å²) in [5, 5.41) is 4.81. The summed E-state index contributed by atoms with van der Waals surface area (Å²) in [6.45, 7) is 0. The van der Waals surface area contributed by atoms with Crippen LogP contribution in [0, 0.1) is 0 Å². The van der Waals surface area contributed by atoms with Crippen LogP contribution in [0.2, 0.25) is 0 Å². The summed E-state index contributed by atoms with van der Waals surface area (Å²) in [5.41, 5.74) is 0.770. The second-order valence-corrected chi connectivity index (χ2v) is 4.10. The van der Waals surface area contributed by atoms with Gasteiger partial charge in [-0.25, -0.2) is 23.5 Å². The van der Waals surface area contributed by atoms with E-state index in [0.717, 1.165) is 5.56 Å². The van der Waals surface area contributed by atoms with Crippen LogP contribution < -0.4 is 5.14 Å². The molecule has 66 valence electrons. The fourth-order valence-electron chi connectivity index (χ4n) is 0.719. The fraction of sp³-hybridized carbons (Fsp3) is 0.333. The van der Waals surface area contributed by atoms with Crippen LogP contribution in [-0.4, -0.2) is 24.1 Å². The Hall–Kier alpha value is -1.01. The predicted molar refractivity (Wildman–Crippen MR) is 43.7 cm³/mol. The van der Waals surface area contributed by atoms with Crippen molar-refractivity contribution in [3.8, 4) is 0 Å². The van der Waals surface area contributed by atoms with Crippen molar-refractivity contribution in [2.45, 2.75) is 6.42 Å². The molecule has 0 spiro atoms. The molecule has 1 aromatic rings. The van der Waals surface area contributed by atoms with E-state index in [0.29, 0.717) is 6.42 Å². The molecule has 0 fully saturated rings. The van der Waals surface area contributed by atoms with E-state index in [1.54, 1.807) is 12.4 Å². The fourth-order valence-corrected chi connectivity index (χ4v) is 1.24. The average Bonchev–Trinajstić information content (AvgIpc) is 2.02. The highest BCUT2D eigenvalue weighted by Crippen LogP contribution is 1.95. The second kappa shape index (κ2) is 3.59. The van der Waals surface area contributed by atoms with Gasteiger partial charge in [0.25, 0.3) is 0 Å². The van der Waals surface area contributed by atoms with Gasteiger partial charge >= 0.3 is 0 Å². The molecule has 0 aliphatic heterocycles. The van der Waals surface area contributed by atoms with Crippen molar-refractivity contribution in [2.24, 2.45) is 5.14 Å². The van der Waals surface area contributed by atoms with Crippen LogP contribution in [0.25, 0.3) is 0 Å². The summed E-state index contributed by atoms with van der Waals surface area (Å²) in [6, 6.07) is 0. The van der Waals surface area contributed by atoms with Gasteiger partial charge in [0.15, 0.2) is 0 Å². The van der Waals surface area contributed by atoms with E-state index in [4.69, 9.17) is 5.14 Å². The van der Waals surface area contributed by atoms with Gasteiger partial charge < -0.3 is 0 Å². The maximum Gasteiger partial charge on any atom is 0.209 e. The third-order valence-corrected chi connectivity index (χ3v) is 2.06. The first-order valence-electron chi connectivity index (χ1n) is 3.32. The van der Waals surface area contributed by atoms with E-state index in [-0.39, 0.29) is 5.75 Å². The first-order valence-corrected chi connectivity index (χ1v) is 5.04. The van der Waals surface area contributed by atoms with Crippen molar-refractivity contribution in [3.63, 3.8) is 0 Å². The Morgan fingerprint density at radius 1 is 1.33 bits per heavy atom. The number of rotatable bonds is 3. The van der Waals surface area contributed by atoms with Gasteiger partial charge in [0, 0.05) is 12.4 Å². The van der Waals surface area contributed by atoms with Crippen LogP contribution in [0.1, 0.15) is 5.56 Å². The molecule has 0 bridgehead atoms. The zero-order chi connectivity index (χ0) is 9.03. The maximum absolute atomic E-state index is 10.5. The third-order valence-electron chi connectivity index (χ3n) is 1.29. The summed E-state index contributed by atoms with van der Waals surface area (Å²) in [5.74, 6) is -0.0691. The van der Waals surface area contributed by atoms with Gasteiger partial charge in [-0.15, -0.1) is 0 Å². The number of aryl methyl sites for hydroxylation is 1. The van der Waals surface area contributed by atoms with E-state index in [9.17, 15) is 8.42 Å². The summed E-state index contributed by atoms with van der Waals surface area (Å²) < 4.78 is 21.1. The number of primary sulfonamides is 1. The van der Waals surface area contributed by atoms with Crippen molar-refractivity contribution in [1.29, 1.82) is 0 Å². The molecular weight excluding hydrogens is 178 g/mol. The third kappa shape index (κ3) is 3.40. The normalized spacial score (nSPS) is 11.4. The molecule has 0 radical (unpaired) electrons. The minimum absolute atomic E-state index is 0.0691. The van der Waals surface area contributed by atoms with E-state index in [1.807, 2.05) is 0 Å². The summed E-state index contributed by atoms with van der Waals surface area (Å²) in [7, 11) is -3.38. The van der Waals surface area contributed by atoms with Crippen LogP contribution in [0.4, 0.5) is 0 Å². The molecule has 0 aliphatic carbocycles. The second-order valence-electron chi connectivity index (χ2n) is 2.36. The number of hydrogen-bond donors (Lipinski definition) is 1. The first kappa shape index (κ1) is 9.08. The topological polar surface area (TPSA) is 85.9 Å². The molecule has 2 N–H and O–H groups in total. The van der Waals surface area contributed by atoms with Gasteiger partial charge in [-0.2, -0.15) is 0 Å². The number of nitrogens with two attached hydrogens (primary N) is 1. The number of hydrogen-bond acceptors (Lipinski definition) is 4. The monoisotopic (exact) mass is 187 g/mol. The smallest absolute Gasteiger partial charge is 0.209 e. The highest BCUT2D eigenvalue weighted by atomic mass is 32.2. The van der Waals surface area contributed by atoms with Crippen molar-refractivity contribution in [1.82, 2.24) is 9.97 Å². The van der Waals surface area contributed by atoms with Crippen LogP contribution in [-0.2, 0) is 16.4 Å². The standard InChI is InChI=1S/C6H9N3O2S/c7-12(10,11)2-1-6-3-8-5-9-4-6/h3-5H,1-2H2,(H2,7,10,11). The Kier molecular flexibility index (Phi) is 2.72. The highest BCUT2D eigenvalue weighted by molar-refractivity contribution is 7.89. The van der Waals surface area contributed by atoms with E-state index in [1.165, 1.54) is 6.33 Å². The van der Waals surface area contributed by atoms with Crippen molar-refractivity contribution in [2.75, 3.05) is 5.75 Å². The van der Waals surface area contributed by atoms with Crippen LogP contribution >= 0.6 is 0 Å². The lowest BCUT2D eigenvalue weighted by molar-refractivity contribution is 0.597. The average molecular weight is 187 g/mol. The van der Waals surface area contributed by atoms with Crippen LogP contribution in [0.5, 0.6) is 0 Å². The van der Waals surface area contributed by atoms with E-state index < -0.39 is 10.0 Å². The van der Waals surface area contributed by atoms with Gasteiger partial charge in [-0.3, -0.25) is 0 Å². The minimum Gasteiger partial charge on any atom is -0.245 e. The zero-order valence-electron chi connectivity index (χ0n) is 6.34. The Bertz CT molecular complexity index is 335. The van der Waals surface area contributed by atoms with Crippen LogP contribution in [0.3, 0.4) is 0 Å². The molecule has 0 aromatic carbocycles. The Labute approximate surface area is 70.7 Å². The highest BCUT2D eigenvalue weighted by Gasteiger charge is 2.02. The molecule has 0 saturated carbocycles. The van der Waals surface area contributed by atoms with E-state index in [2.05, 4.69) is 9.97 Å². The summed E-state index contributed by atoms with van der Waals surface area (Å²) in [4.78, 5) is 7.48. The van der Waals surface area contributed by atoms with Gasteiger partial charge in [-0.1, -0.05) is 0 Å². The lowest BCUT2D eigenvalue weighted by atomic mass is 10.3. The number of nitrogens with zero attached hydrogens (tertiary/aromatic N) is 2. The quantitative estimate of drug-likeness (QED) is 0.678. The Morgan fingerprint density at radius 3 is 2.42 bits per heavy atom. The summed E-state index contributed by atoms with van der Waals surface area (Å²) >= 11 is 0. The van der Waals surface area contributed by atoms with Gasteiger partial charge in [0.2, 0.25) is 10.0 Å². The molecule has 0 aliphatic rings. The molecule has 1 heterocycles. The van der Waals surface area contributed by atoms with Crippen molar-refractivity contribution >= 4 is 10.0 Å². The largest absolute Gasteiger partial charge is 0.245 e. The molecular formula is C6H9N3O2S. The molecule has 0 amide bonds. The predicted octanol–water partition coefficient (Wildman–Crippen LogP) is -0.692. The number of sulfonamides is 1. The summed E-state index contributed by atoms with van der Waals surface area (Å²) in [6.07, 6.45) is 4.89. The van der Waals surface area contributed by atoms with Gasteiger partial charge in [0.1, 0.15) is 6.33 Å². The molecule has 5 nitrogen and oxygen atoms in total. The minimum atomic E-state index is -3.38. The van der Waals surface area contributed by atoms with Gasteiger partial charge in [-0.05, 0) is 12.0 Å². The Morgan fingerprint density at radius 2 is 1.92 bits per heavy atom. The zero-order valence-corrected chi connectivity index (χ0v) is 7.16. The molecule has 0 atom stereocenters. The first-order chi connectivity index (χ1) is 5.58. The SMILES string of the molecule is NS(=O)(=O)CCc1cncnc1. The molecule has 0 saturated heterocycles. The van der Waals surface area contributed by atoms with Crippen molar-refractivity contribution in [3.05, 3.63) is 24.3 Å². The molecule has 1 rings (SSSR count). The lowest BCUT2D eigenvalue weighted by Gasteiger charge is -1.96. The van der Waals surface area contributed by atoms with Gasteiger partial charge in [0.05, 0.1) is 5.75 Å².